The van der Waals surface area contributed by atoms with Crippen LogP contribution in [0.25, 0.3) is 11.1 Å². The highest BCUT2D eigenvalue weighted by Gasteiger charge is 2.10. The minimum absolute atomic E-state index is 0.0879. The number of carbonyl (C=O) groups excluding carboxylic acids is 1. The summed E-state index contributed by atoms with van der Waals surface area (Å²) in [6, 6.07) is 24.5. The molecule has 330 valence electrons. The predicted molar refractivity (Wildman–Crippen MR) is 256 cm³/mol. The van der Waals surface area contributed by atoms with E-state index in [1.54, 1.807) is 0 Å². The molecule has 0 bridgehead atoms. The Labute approximate surface area is 364 Å². The summed E-state index contributed by atoms with van der Waals surface area (Å²) >= 11 is 0. The van der Waals surface area contributed by atoms with Crippen molar-refractivity contribution in [1.29, 1.82) is 0 Å². The third-order valence-corrected chi connectivity index (χ3v) is 12.4. The summed E-state index contributed by atoms with van der Waals surface area (Å²) in [6.45, 7) is 7.56. The van der Waals surface area contributed by atoms with Crippen molar-refractivity contribution in [3.8, 4) is 16.9 Å². The quantitative estimate of drug-likeness (QED) is 0.0329. The third-order valence-electron chi connectivity index (χ3n) is 12.4. The lowest BCUT2D eigenvalue weighted by Gasteiger charge is -2.14. The highest BCUT2D eigenvalue weighted by molar-refractivity contribution is 5.91. The van der Waals surface area contributed by atoms with Crippen molar-refractivity contribution in [1.82, 2.24) is 0 Å². The maximum Gasteiger partial charge on any atom is 0.343 e. The zero-order valence-electron chi connectivity index (χ0n) is 38.6. The summed E-state index contributed by atoms with van der Waals surface area (Å²) in [6.07, 6.45) is 44.1. The van der Waals surface area contributed by atoms with Gasteiger partial charge in [-0.3, -0.25) is 0 Å². The molecule has 3 nitrogen and oxygen atoms in total. The Balaban J connectivity index is 1.18. The van der Waals surface area contributed by atoms with Gasteiger partial charge in [0.1, 0.15) is 5.75 Å². The molecule has 0 aliphatic rings. The van der Waals surface area contributed by atoms with Gasteiger partial charge in [-0.05, 0) is 72.7 Å². The molecule has 1 unspecified atom stereocenters. The van der Waals surface area contributed by atoms with Gasteiger partial charge in [0.15, 0.2) is 0 Å². The maximum atomic E-state index is 12.9. The van der Waals surface area contributed by atoms with E-state index >= 15 is 0 Å². The minimum atomic E-state index is -0.311. The zero-order valence-corrected chi connectivity index (χ0v) is 38.6. The average Bonchev–Trinajstić information content (AvgIpc) is 3.26. The van der Waals surface area contributed by atoms with Gasteiger partial charge in [0.2, 0.25) is 0 Å². The molecular weight excluding hydrogens is 721 g/mol. The molecule has 3 rings (SSSR count). The molecule has 0 aliphatic carbocycles. The summed E-state index contributed by atoms with van der Waals surface area (Å²) in [7, 11) is 0. The molecule has 0 amide bonds. The van der Waals surface area contributed by atoms with Gasteiger partial charge in [-0.2, -0.15) is 0 Å². The Hall–Kier alpha value is -2.91. The first-order valence-corrected chi connectivity index (χ1v) is 25.2. The minimum Gasteiger partial charge on any atom is -0.423 e. The van der Waals surface area contributed by atoms with Crippen LogP contribution in [-0.2, 0) is 11.2 Å². The van der Waals surface area contributed by atoms with Crippen LogP contribution in [0.3, 0.4) is 0 Å². The van der Waals surface area contributed by atoms with Gasteiger partial charge in [0.05, 0.1) is 11.7 Å². The maximum absolute atomic E-state index is 12.9. The van der Waals surface area contributed by atoms with E-state index in [1.807, 2.05) is 36.4 Å². The van der Waals surface area contributed by atoms with E-state index in [9.17, 15) is 4.79 Å². The molecule has 59 heavy (non-hydrogen) atoms. The average molecular weight is 809 g/mol. The number of rotatable bonds is 38. The van der Waals surface area contributed by atoms with E-state index in [0.29, 0.717) is 11.3 Å². The molecule has 0 spiro atoms. The smallest absolute Gasteiger partial charge is 0.343 e. The summed E-state index contributed by atoms with van der Waals surface area (Å²) in [5, 5.41) is 0. The van der Waals surface area contributed by atoms with Crippen molar-refractivity contribution >= 4 is 5.97 Å². The lowest BCUT2D eigenvalue weighted by molar-refractivity contribution is 0.0627. The number of carbonyl (C=O) groups is 1. The van der Waals surface area contributed by atoms with Gasteiger partial charge in [0.25, 0.3) is 0 Å². The number of esters is 1. The molecular formula is C56H88O3. The molecule has 3 aromatic carbocycles. The second-order valence-corrected chi connectivity index (χ2v) is 17.7. The highest BCUT2D eigenvalue weighted by Crippen LogP contribution is 2.26. The monoisotopic (exact) mass is 809 g/mol. The van der Waals surface area contributed by atoms with Crippen molar-refractivity contribution < 1.29 is 14.3 Å². The van der Waals surface area contributed by atoms with Gasteiger partial charge in [-0.1, -0.05) is 249 Å². The SMILES string of the molecule is CCCCCCCCCCCCCCCCCCCCOC(C)c1ccc(-c2ccc(OC(=O)c3ccc(CCCCCCCCCCCCCCC)cc3)cc2)cc1. The van der Waals surface area contributed by atoms with Gasteiger partial charge in [-0.15, -0.1) is 0 Å². The molecule has 0 aromatic heterocycles. The number of benzene rings is 3. The van der Waals surface area contributed by atoms with Gasteiger partial charge in [-0.25, -0.2) is 4.79 Å². The van der Waals surface area contributed by atoms with Crippen LogP contribution in [0.2, 0.25) is 0 Å². The van der Waals surface area contributed by atoms with E-state index < -0.39 is 0 Å². The normalized spacial score (nSPS) is 11.9. The molecule has 0 saturated heterocycles. The number of hydrogen-bond acceptors (Lipinski definition) is 3. The molecule has 0 fully saturated rings. The predicted octanol–water partition coefficient (Wildman–Crippen LogP) is 18.3. The second-order valence-electron chi connectivity index (χ2n) is 17.7. The van der Waals surface area contributed by atoms with Crippen LogP contribution >= 0.6 is 0 Å². The lowest BCUT2D eigenvalue weighted by atomic mass is 10.0. The van der Waals surface area contributed by atoms with Crippen molar-refractivity contribution in [2.24, 2.45) is 0 Å². The number of aryl methyl sites for hydroxylation is 1. The molecule has 0 aliphatic heterocycles. The lowest BCUT2D eigenvalue weighted by Crippen LogP contribution is -2.08. The highest BCUT2D eigenvalue weighted by atomic mass is 16.5. The Morgan fingerprint density at radius 3 is 1.19 bits per heavy atom. The van der Waals surface area contributed by atoms with Gasteiger partial charge >= 0.3 is 5.97 Å². The standard InChI is InChI=1S/C56H88O3/c1-4-6-8-10-12-14-16-18-19-20-21-22-24-26-28-30-32-34-48-58-49(3)51-40-42-52(43-41-51)53-44-46-55(47-45-53)59-56(57)54-38-36-50(37-39-54)35-33-31-29-27-25-23-17-15-13-11-9-7-5-2/h36-47,49H,4-35,48H2,1-3H3. The molecule has 0 saturated carbocycles. The Morgan fingerprint density at radius 1 is 0.424 bits per heavy atom. The van der Waals surface area contributed by atoms with Crippen LogP contribution in [0.15, 0.2) is 72.8 Å². The third kappa shape index (κ3) is 24.8. The van der Waals surface area contributed by atoms with Crippen LogP contribution in [0, 0.1) is 0 Å². The van der Waals surface area contributed by atoms with E-state index in [4.69, 9.17) is 9.47 Å². The van der Waals surface area contributed by atoms with Crippen molar-refractivity contribution in [2.45, 2.75) is 232 Å². The fraction of sp³-hybridized carbons (Fsp3) is 0.661. The number of hydrogen-bond donors (Lipinski definition) is 0. The first-order valence-electron chi connectivity index (χ1n) is 25.2. The molecule has 3 aromatic rings. The van der Waals surface area contributed by atoms with Crippen molar-refractivity contribution in [2.75, 3.05) is 6.61 Å². The van der Waals surface area contributed by atoms with E-state index in [-0.39, 0.29) is 12.1 Å². The van der Waals surface area contributed by atoms with Crippen LogP contribution < -0.4 is 4.74 Å². The van der Waals surface area contributed by atoms with Crippen LogP contribution in [-0.4, -0.2) is 12.6 Å². The zero-order chi connectivity index (χ0) is 41.9. The molecule has 3 heteroatoms. The Bertz CT molecular complexity index is 1390. The summed E-state index contributed by atoms with van der Waals surface area (Å²) in [5.41, 5.74) is 5.33. The first-order chi connectivity index (χ1) is 29.1. The van der Waals surface area contributed by atoms with E-state index in [2.05, 4.69) is 57.2 Å². The topological polar surface area (TPSA) is 35.5 Å². The van der Waals surface area contributed by atoms with Gasteiger partial charge < -0.3 is 9.47 Å². The van der Waals surface area contributed by atoms with Crippen LogP contribution in [0.4, 0.5) is 0 Å². The van der Waals surface area contributed by atoms with E-state index in [0.717, 1.165) is 30.6 Å². The summed E-state index contributed by atoms with van der Waals surface area (Å²) in [5.74, 6) is 0.252. The molecule has 0 N–H and O–H groups in total. The Kier molecular flexibility index (Phi) is 29.7. The fourth-order valence-electron chi connectivity index (χ4n) is 8.34. The van der Waals surface area contributed by atoms with Crippen LogP contribution in [0.1, 0.15) is 247 Å². The number of unbranched alkanes of at least 4 members (excludes halogenated alkanes) is 29. The Morgan fingerprint density at radius 2 is 0.780 bits per heavy atom. The number of ether oxygens (including phenoxy) is 2. The molecule has 1 atom stereocenters. The van der Waals surface area contributed by atoms with Crippen molar-refractivity contribution in [3.05, 3.63) is 89.5 Å². The summed E-state index contributed by atoms with van der Waals surface area (Å²) in [4.78, 5) is 12.9. The van der Waals surface area contributed by atoms with Gasteiger partial charge in [0, 0.05) is 6.61 Å². The fourth-order valence-corrected chi connectivity index (χ4v) is 8.34. The second kappa shape index (κ2) is 34.8. The largest absolute Gasteiger partial charge is 0.423 e. The van der Waals surface area contributed by atoms with E-state index in [1.165, 1.54) is 204 Å². The first kappa shape index (κ1) is 50.4. The van der Waals surface area contributed by atoms with Crippen molar-refractivity contribution in [3.63, 3.8) is 0 Å². The van der Waals surface area contributed by atoms with Crippen LogP contribution in [0.5, 0.6) is 5.75 Å². The molecule has 0 heterocycles. The molecule has 0 radical (unpaired) electrons. The summed E-state index contributed by atoms with van der Waals surface area (Å²) < 4.78 is 11.9.